The first-order valence-electron chi connectivity index (χ1n) is 11.3. The van der Waals surface area contributed by atoms with Crippen molar-refractivity contribution < 1.29 is 14.3 Å². The summed E-state index contributed by atoms with van der Waals surface area (Å²) in [4.78, 5) is 17.6. The number of hydrogen-bond acceptors (Lipinski definition) is 5. The fraction of sp³-hybridized carbons (Fsp3) is 0.286. The lowest BCUT2D eigenvalue weighted by Crippen LogP contribution is -2.21. The van der Waals surface area contributed by atoms with E-state index in [1.165, 1.54) is 0 Å². The molecule has 2 aromatic carbocycles. The summed E-state index contributed by atoms with van der Waals surface area (Å²) in [5.41, 5.74) is 3.05. The lowest BCUT2D eigenvalue weighted by atomic mass is 10.1. The zero-order valence-electron chi connectivity index (χ0n) is 21.7. The maximum atomic E-state index is 12.8. The number of ether oxygens (including phenoxy) is 2. The zero-order valence-corrected chi connectivity index (χ0v) is 21.7. The van der Waals surface area contributed by atoms with Crippen LogP contribution >= 0.6 is 0 Å². The van der Waals surface area contributed by atoms with Crippen molar-refractivity contribution in [2.75, 3.05) is 33.6 Å². The molecule has 0 bridgehead atoms. The first kappa shape index (κ1) is 29.2. The third-order valence-corrected chi connectivity index (χ3v) is 4.75. The normalized spacial score (nSPS) is 10.4. The Balaban J connectivity index is 0.00000114. The molecule has 0 aliphatic carbocycles. The van der Waals surface area contributed by atoms with Gasteiger partial charge in [-0.05, 0) is 69.9 Å². The van der Waals surface area contributed by atoms with Crippen LogP contribution in [-0.2, 0) is 6.54 Å². The average molecular weight is 479 g/mol. The van der Waals surface area contributed by atoms with Crippen LogP contribution in [0.4, 0.5) is 5.69 Å². The monoisotopic (exact) mass is 478 g/mol. The number of hydrogen-bond donors (Lipinski definition) is 2. The van der Waals surface area contributed by atoms with E-state index >= 15 is 0 Å². The van der Waals surface area contributed by atoms with Gasteiger partial charge in [-0.1, -0.05) is 24.3 Å². The number of nitrogens with one attached hydrogen (secondary N) is 2. The van der Waals surface area contributed by atoms with Crippen molar-refractivity contribution in [3.05, 3.63) is 96.6 Å². The minimum absolute atomic E-state index is 0.222. The van der Waals surface area contributed by atoms with Crippen molar-refractivity contribution in [3.63, 3.8) is 0 Å². The molecular formula is C28H38N4O3. The summed E-state index contributed by atoms with van der Waals surface area (Å²) in [7, 11) is 6.86. The largest absolute Gasteiger partial charge is 0.493 e. The van der Waals surface area contributed by atoms with Crippen LogP contribution < -0.4 is 25.6 Å². The van der Waals surface area contributed by atoms with E-state index in [0.29, 0.717) is 29.6 Å². The van der Waals surface area contributed by atoms with Crippen LogP contribution in [0.25, 0.3) is 0 Å². The number of carbonyl (C=O) groups excluding carboxylic acids is 1. The molecule has 0 saturated carbocycles. The predicted octanol–water partition coefficient (Wildman–Crippen LogP) is 5.08. The highest BCUT2D eigenvalue weighted by atomic mass is 16.5. The molecule has 3 rings (SSSR count). The molecule has 1 heterocycles. The Morgan fingerprint density at radius 2 is 1.60 bits per heavy atom. The van der Waals surface area contributed by atoms with Crippen LogP contribution in [-0.4, -0.2) is 38.8 Å². The van der Waals surface area contributed by atoms with E-state index in [-0.39, 0.29) is 5.91 Å². The quantitative estimate of drug-likeness (QED) is 0.465. The van der Waals surface area contributed by atoms with Gasteiger partial charge in [0.25, 0.3) is 5.91 Å². The maximum absolute atomic E-state index is 12.8. The molecule has 0 radical (unpaired) electrons. The topological polar surface area (TPSA) is 76.9 Å². The number of amides is 1. The molecule has 0 aliphatic rings. The van der Waals surface area contributed by atoms with Gasteiger partial charge >= 0.3 is 0 Å². The molecule has 3 aromatic rings. The zero-order chi connectivity index (χ0) is 26.2. The number of nitrogens with zero attached hydrogens (tertiary/aromatic N) is 2. The van der Waals surface area contributed by atoms with Crippen molar-refractivity contribution in [2.45, 2.75) is 26.4 Å². The molecule has 0 spiro atoms. The van der Waals surface area contributed by atoms with Crippen LogP contribution in [0.3, 0.4) is 0 Å². The highest BCUT2D eigenvalue weighted by molar-refractivity contribution is 6.05. The second-order valence-corrected chi connectivity index (χ2v) is 7.56. The van der Waals surface area contributed by atoms with Gasteiger partial charge in [0.05, 0.1) is 20.8 Å². The van der Waals surface area contributed by atoms with Gasteiger partial charge in [-0.3, -0.25) is 9.79 Å². The van der Waals surface area contributed by atoms with Gasteiger partial charge in [-0.2, -0.15) is 0 Å². The van der Waals surface area contributed by atoms with Crippen molar-refractivity contribution in [1.29, 1.82) is 0 Å². The Hall–Kier alpha value is -3.84. The molecule has 0 aliphatic heterocycles. The van der Waals surface area contributed by atoms with Gasteiger partial charge in [0.1, 0.15) is 5.49 Å². The molecule has 0 unspecified atom stereocenters. The van der Waals surface area contributed by atoms with Crippen molar-refractivity contribution >= 4 is 11.6 Å². The van der Waals surface area contributed by atoms with E-state index in [0.717, 1.165) is 16.7 Å². The Morgan fingerprint density at radius 1 is 0.971 bits per heavy atom. The maximum Gasteiger partial charge on any atom is 0.255 e. The lowest BCUT2D eigenvalue weighted by Gasteiger charge is -2.13. The average Bonchev–Trinajstić information content (AvgIpc) is 2.89. The lowest BCUT2D eigenvalue weighted by molar-refractivity contribution is 0.102. The number of carbonyl (C=O) groups is 1. The third kappa shape index (κ3) is 8.79. The second kappa shape index (κ2) is 15.9. The fourth-order valence-corrected chi connectivity index (χ4v) is 3.14. The summed E-state index contributed by atoms with van der Waals surface area (Å²) in [6, 6.07) is 19.0. The van der Waals surface area contributed by atoms with Crippen LogP contribution in [0.1, 0.15) is 35.8 Å². The van der Waals surface area contributed by atoms with E-state index in [9.17, 15) is 4.79 Å². The first-order valence-corrected chi connectivity index (χ1v) is 11.3. The molecule has 0 fully saturated rings. The van der Waals surface area contributed by atoms with E-state index in [2.05, 4.69) is 42.2 Å². The summed E-state index contributed by atoms with van der Waals surface area (Å²) in [5, 5.41) is 5.74. The summed E-state index contributed by atoms with van der Waals surface area (Å²) < 4.78 is 12.7. The molecule has 35 heavy (non-hydrogen) atoms. The van der Waals surface area contributed by atoms with Crippen molar-refractivity contribution in [2.24, 2.45) is 4.99 Å². The Bertz CT molecular complexity index is 1120. The molecule has 0 saturated heterocycles. The van der Waals surface area contributed by atoms with Gasteiger partial charge in [0.15, 0.2) is 11.5 Å². The number of pyridine rings is 1. The Labute approximate surface area is 209 Å². The van der Waals surface area contributed by atoms with Gasteiger partial charge in [-0.15, -0.1) is 13.2 Å². The highest BCUT2D eigenvalue weighted by Gasteiger charge is 2.12. The van der Waals surface area contributed by atoms with Crippen molar-refractivity contribution in [3.8, 4) is 11.5 Å². The van der Waals surface area contributed by atoms with Crippen LogP contribution in [0.15, 0.2) is 85.0 Å². The van der Waals surface area contributed by atoms with Gasteiger partial charge in [0, 0.05) is 23.5 Å². The van der Waals surface area contributed by atoms with Gasteiger partial charge in [-0.25, -0.2) is 0 Å². The molecule has 2 N–H and O–H groups in total. The number of aromatic nitrogens is 1. The molecule has 7 nitrogen and oxygen atoms in total. The van der Waals surface area contributed by atoms with Crippen LogP contribution in [0.5, 0.6) is 11.5 Å². The summed E-state index contributed by atoms with van der Waals surface area (Å²) in [6.07, 6.45) is 2.02. The number of rotatable bonds is 7. The third-order valence-electron chi connectivity index (χ3n) is 4.75. The minimum Gasteiger partial charge on any atom is -0.493 e. The summed E-state index contributed by atoms with van der Waals surface area (Å²) >= 11 is 0. The summed E-state index contributed by atoms with van der Waals surface area (Å²) in [6.45, 7) is 10.7. The highest BCUT2D eigenvalue weighted by Crippen LogP contribution is 2.28. The molecule has 7 heteroatoms. The van der Waals surface area contributed by atoms with Gasteiger partial charge in [0.2, 0.25) is 0 Å². The van der Waals surface area contributed by atoms with E-state index in [1.807, 2.05) is 62.8 Å². The van der Waals surface area contributed by atoms with E-state index < -0.39 is 0 Å². The number of para-hydroxylation sites is 1. The van der Waals surface area contributed by atoms with Crippen LogP contribution in [0, 0.1) is 0 Å². The van der Waals surface area contributed by atoms with E-state index in [4.69, 9.17) is 14.5 Å². The van der Waals surface area contributed by atoms with Gasteiger partial charge < -0.3 is 24.7 Å². The molecule has 188 valence electrons. The number of benzene rings is 2. The van der Waals surface area contributed by atoms with Crippen LogP contribution in [0.2, 0.25) is 0 Å². The number of methoxy groups -OCH3 is 2. The summed E-state index contributed by atoms with van der Waals surface area (Å²) in [5.74, 6) is 0.866. The predicted molar refractivity (Wildman–Crippen MR) is 144 cm³/mol. The molecule has 1 aromatic heterocycles. The Kier molecular flexibility index (Phi) is 13.3. The molecule has 1 amide bonds. The van der Waals surface area contributed by atoms with Crippen molar-refractivity contribution in [1.82, 2.24) is 9.88 Å². The van der Waals surface area contributed by atoms with E-state index in [1.54, 1.807) is 32.4 Å². The fourth-order valence-electron chi connectivity index (χ4n) is 3.14. The molecular weight excluding hydrogens is 440 g/mol. The SMILES string of the molecule is C=C.CNC.COc1ccc(C(=O)Nc2ccccc2CN=c2ccccn2C(C)C)cc1OC. The Morgan fingerprint density at radius 3 is 2.23 bits per heavy atom. The molecule has 0 atom stereocenters. The standard InChI is InChI=1S/C24H27N3O3.C2H7N.C2H4/c1-17(2)27-14-8-7-11-23(27)25-16-19-9-5-6-10-20(19)26-24(28)18-12-13-21(29-3)22(15-18)30-4;1-3-2;1-2/h5-15,17H,16H2,1-4H3,(H,26,28);3H,1-2H3;1-2H2. The second-order valence-electron chi connectivity index (χ2n) is 7.56. The number of anilines is 1. The first-order chi connectivity index (χ1) is 16.9. The smallest absolute Gasteiger partial charge is 0.255 e. The minimum atomic E-state index is -0.222.